The minimum absolute atomic E-state index is 0.573. The zero-order chi connectivity index (χ0) is 14.7. The van der Waals surface area contributed by atoms with Crippen molar-refractivity contribution >= 4 is 27.3 Å². The Kier molecular flexibility index (Phi) is 4.71. The molecule has 0 unspecified atom stereocenters. The first kappa shape index (κ1) is 14.9. The van der Waals surface area contributed by atoms with Gasteiger partial charge in [0.25, 0.3) is 0 Å². The van der Waals surface area contributed by atoms with Crippen molar-refractivity contribution in [3.05, 3.63) is 58.1 Å². The van der Waals surface area contributed by atoms with E-state index in [0.717, 1.165) is 22.4 Å². The molecule has 0 aliphatic heterocycles. The first-order valence-electron chi connectivity index (χ1n) is 6.82. The van der Waals surface area contributed by atoms with Crippen LogP contribution in [-0.4, -0.2) is 7.05 Å². The minimum atomic E-state index is 0.573. The van der Waals surface area contributed by atoms with E-state index in [9.17, 15) is 0 Å². The predicted octanol–water partition coefficient (Wildman–Crippen LogP) is 4.79. The first-order valence-corrected chi connectivity index (χ1v) is 7.61. The fourth-order valence-electron chi connectivity index (χ4n) is 2.24. The number of hydrogen-bond donors (Lipinski definition) is 1. The van der Waals surface area contributed by atoms with Gasteiger partial charge in [-0.2, -0.15) is 0 Å². The molecule has 0 radical (unpaired) electrons. The summed E-state index contributed by atoms with van der Waals surface area (Å²) >= 11 is 3.44. The van der Waals surface area contributed by atoms with Crippen LogP contribution in [0.1, 0.15) is 30.9 Å². The minimum Gasteiger partial charge on any atom is -0.397 e. The van der Waals surface area contributed by atoms with Gasteiger partial charge in [-0.3, -0.25) is 0 Å². The van der Waals surface area contributed by atoms with Crippen molar-refractivity contribution < 1.29 is 0 Å². The summed E-state index contributed by atoms with van der Waals surface area (Å²) in [4.78, 5) is 2.17. The maximum atomic E-state index is 6.07. The molecular weight excluding hydrogens is 312 g/mol. The molecule has 0 saturated carbocycles. The molecule has 2 N–H and O–H groups in total. The second kappa shape index (κ2) is 6.31. The smallest absolute Gasteiger partial charge is 0.0601 e. The maximum Gasteiger partial charge on any atom is 0.0601 e. The van der Waals surface area contributed by atoms with Crippen molar-refractivity contribution in [3.8, 4) is 0 Å². The van der Waals surface area contributed by atoms with Gasteiger partial charge in [0.05, 0.1) is 11.4 Å². The number of hydrogen-bond acceptors (Lipinski definition) is 2. The van der Waals surface area contributed by atoms with Crippen LogP contribution in [-0.2, 0) is 6.54 Å². The van der Waals surface area contributed by atoms with Gasteiger partial charge in [-0.1, -0.05) is 54.0 Å². The van der Waals surface area contributed by atoms with Gasteiger partial charge in [-0.25, -0.2) is 0 Å². The number of nitrogen functional groups attached to an aromatic ring is 1. The van der Waals surface area contributed by atoms with Gasteiger partial charge in [-0.15, -0.1) is 0 Å². The van der Waals surface area contributed by atoms with Crippen LogP contribution in [0.5, 0.6) is 0 Å². The highest BCUT2D eigenvalue weighted by molar-refractivity contribution is 9.10. The van der Waals surface area contributed by atoms with Gasteiger partial charge in [0.2, 0.25) is 0 Å². The third-order valence-corrected chi connectivity index (χ3v) is 3.96. The summed E-state index contributed by atoms with van der Waals surface area (Å²) in [6, 6.07) is 14.8. The number of rotatable bonds is 4. The van der Waals surface area contributed by atoms with Crippen molar-refractivity contribution in [3.63, 3.8) is 0 Å². The van der Waals surface area contributed by atoms with Crippen LogP contribution in [0.4, 0.5) is 11.4 Å². The average Bonchev–Trinajstić information content (AvgIpc) is 2.39. The summed E-state index contributed by atoms with van der Waals surface area (Å²) < 4.78 is 1.01. The molecule has 0 fully saturated rings. The lowest BCUT2D eigenvalue weighted by Crippen LogP contribution is -2.17. The molecule has 2 aromatic carbocycles. The van der Waals surface area contributed by atoms with Crippen molar-refractivity contribution in [2.75, 3.05) is 17.7 Å². The Morgan fingerprint density at radius 2 is 1.75 bits per heavy atom. The molecule has 0 aliphatic rings. The van der Waals surface area contributed by atoms with E-state index in [0.29, 0.717) is 5.92 Å². The molecule has 0 amide bonds. The van der Waals surface area contributed by atoms with Crippen LogP contribution in [0.25, 0.3) is 0 Å². The van der Waals surface area contributed by atoms with E-state index in [1.165, 1.54) is 11.1 Å². The maximum absolute atomic E-state index is 6.07. The summed E-state index contributed by atoms with van der Waals surface area (Å²) in [5.74, 6) is 0.573. The lowest BCUT2D eigenvalue weighted by atomic mass is 10.0. The van der Waals surface area contributed by atoms with Gasteiger partial charge in [-0.05, 0) is 35.2 Å². The number of nitrogens with zero attached hydrogens (tertiary/aromatic N) is 1. The molecule has 2 rings (SSSR count). The van der Waals surface area contributed by atoms with Crippen LogP contribution < -0.4 is 10.6 Å². The van der Waals surface area contributed by atoms with E-state index in [1.54, 1.807) is 0 Å². The van der Waals surface area contributed by atoms with Gasteiger partial charge in [0.15, 0.2) is 0 Å². The molecule has 3 heteroatoms. The molecule has 0 spiro atoms. The van der Waals surface area contributed by atoms with Crippen LogP contribution in [0, 0.1) is 0 Å². The largest absolute Gasteiger partial charge is 0.397 e. The molecule has 0 aromatic heterocycles. The Morgan fingerprint density at radius 1 is 1.10 bits per heavy atom. The van der Waals surface area contributed by atoms with Crippen molar-refractivity contribution in [1.29, 1.82) is 0 Å². The van der Waals surface area contributed by atoms with E-state index in [-0.39, 0.29) is 0 Å². The second-order valence-electron chi connectivity index (χ2n) is 5.46. The Balaban J connectivity index is 2.12. The van der Waals surface area contributed by atoms with Gasteiger partial charge in [0, 0.05) is 18.1 Å². The van der Waals surface area contributed by atoms with E-state index >= 15 is 0 Å². The third-order valence-electron chi connectivity index (χ3n) is 3.47. The van der Waals surface area contributed by atoms with Crippen LogP contribution >= 0.6 is 15.9 Å². The quantitative estimate of drug-likeness (QED) is 0.815. The average molecular weight is 333 g/mol. The fraction of sp³-hybridized carbons (Fsp3) is 0.294. The molecule has 0 atom stereocenters. The van der Waals surface area contributed by atoms with E-state index < -0.39 is 0 Å². The normalized spacial score (nSPS) is 10.8. The topological polar surface area (TPSA) is 29.3 Å². The molecule has 0 aliphatic carbocycles. The highest BCUT2D eigenvalue weighted by Crippen LogP contribution is 2.27. The summed E-state index contributed by atoms with van der Waals surface area (Å²) in [6.45, 7) is 5.28. The Hall–Kier alpha value is -1.48. The Morgan fingerprint density at radius 3 is 2.30 bits per heavy atom. The standard InChI is InChI=1S/C17H21BrN2/c1-12(2)14-6-4-13(5-7-14)11-20(3)17-9-8-15(18)10-16(17)19/h4-10,12H,11,19H2,1-3H3. The number of benzene rings is 2. The zero-order valence-electron chi connectivity index (χ0n) is 12.2. The third kappa shape index (κ3) is 3.54. The molecular formula is C17H21BrN2. The van der Waals surface area contributed by atoms with E-state index in [1.807, 2.05) is 18.2 Å². The highest BCUT2D eigenvalue weighted by atomic mass is 79.9. The first-order chi connectivity index (χ1) is 9.47. The molecule has 106 valence electrons. The van der Waals surface area contributed by atoms with E-state index in [4.69, 9.17) is 5.73 Å². The number of halogens is 1. The summed E-state index contributed by atoms with van der Waals surface area (Å²) in [5, 5.41) is 0. The van der Waals surface area contributed by atoms with E-state index in [2.05, 4.69) is 66.0 Å². The van der Waals surface area contributed by atoms with Crippen LogP contribution in [0.3, 0.4) is 0 Å². The molecule has 0 heterocycles. The zero-order valence-corrected chi connectivity index (χ0v) is 13.8. The van der Waals surface area contributed by atoms with Crippen LogP contribution in [0.15, 0.2) is 46.9 Å². The highest BCUT2D eigenvalue weighted by Gasteiger charge is 2.07. The predicted molar refractivity (Wildman–Crippen MR) is 91.2 cm³/mol. The lowest BCUT2D eigenvalue weighted by molar-refractivity contribution is 0.861. The van der Waals surface area contributed by atoms with Gasteiger partial charge in [0.1, 0.15) is 0 Å². The summed E-state index contributed by atoms with van der Waals surface area (Å²) in [5.41, 5.74) is 10.6. The van der Waals surface area contributed by atoms with Gasteiger partial charge < -0.3 is 10.6 Å². The SMILES string of the molecule is CC(C)c1ccc(CN(C)c2ccc(Br)cc2N)cc1. The molecule has 2 nitrogen and oxygen atoms in total. The van der Waals surface area contributed by atoms with Gasteiger partial charge >= 0.3 is 0 Å². The summed E-state index contributed by atoms with van der Waals surface area (Å²) in [6.07, 6.45) is 0. The van der Waals surface area contributed by atoms with Crippen molar-refractivity contribution in [2.45, 2.75) is 26.3 Å². The number of anilines is 2. The molecule has 0 bridgehead atoms. The number of nitrogens with two attached hydrogens (primary N) is 1. The summed E-state index contributed by atoms with van der Waals surface area (Å²) in [7, 11) is 2.07. The fourth-order valence-corrected chi connectivity index (χ4v) is 2.62. The van der Waals surface area contributed by atoms with Crippen molar-refractivity contribution in [1.82, 2.24) is 0 Å². The second-order valence-corrected chi connectivity index (χ2v) is 6.37. The molecule has 2 aromatic rings. The Labute approximate surface area is 129 Å². The Bertz CT molecular complexity index is 576. The molecule has 20 heavy (non-hydrogen) atoms. The van der Waals surface area contributed by atoms with Crippen LogP contribution in [0.2, 0.25) is 0 Å². The monoisotopic (exact) mass is 332 g/mol. The molecule has 0 saturated heterocycles. The van der Waals surface area contributed by atoms with Crippen molar-refractivity contribution in [2.24, 2.45) is 0 Å². The lowest BCUT2D eigenvalue weighted by Gasteiger charge is -2.21.